The SMILES string of the molecule is CC(C)N1Cc2ccccc2CC2(CCN(C(=O)OC3CCCCC3)CC2)C1=O. The maximum absolute atomic E-state index is 13.6. The number of rotatable bonds is 2. The van der Waals surface area contributed by atoms with E-state index >= 15 is 0 Å². The molecule has 2 fully saturated rings. The molecule has 158 valence electrons. The fourth-order valence-corrected chi connectivity index (χ4v) is 5.21. The zero-order chi connectivity index (χ0) is 20.4. The summed E-state index contributed by atoms with van der Waals surface area (Å²) in [5.74, 6) is 0.254. The first-order valence-corrected chi connectivity index (χ1v) is 11.3. The van der Waals surface area contributed by atoms with E-state index in [0.717, 1.165) is 32.1 Å². The van der Waals surface area contributed by atoms with Crippen molar-refractivity contribution in [3.8, 4) is 0 Å². The molecule has 0 atom stereocenters. The molecule has 1 saturated carbocycles. The van der Waals surface area contributed by atoms with Gasteiger partial charge in [-0.05, 0) is 69.9 Å². The third kappa shape index (κ3) is 4.15. The maximum Gasteiger partial charge on any atom is 0.410 e. The number of piperidine rings is 1. The summed E-state index contributed by atoms with van der Waals surface area (Å²) < 4.78 is 5.77. The van der Waals surface area contributed by atoms with Crippen molar-refractivity contribution in [1.82, 2.24) is 9.80 Å². The average molecular weight is 399 g/mol. The van der Waals surface area contributed by atoms with E-state index in [1.807, 2.05) is 9.80 Å². The lowest BCUT2D eigenvalue weighted by Crippen LogP contribution is -2.52. The van der Waals surface area contributed by atoms with Gasteiger partial charge in [-0.3, -0.25) is 4.79 Å². The number of hydrogen-bond acceptors (Lipinski definition) is 3. The summed E-state index contributed by atoms with van der Waals surface area (Å²) in [6, 6.07) is 8.60. The van der Waals surface area contributed by atoms with Crippen LogP contribution >= 0.6 is 0 Å². The van der Waals surface area contributed by atoms with E-state index < -0.39 is 5.41 Å². The Bertz CT molecular complexity index is 746. The molecule has 1 saturated heterocycles. The van der Waals surface area contributed by atoms with Crippen molar-refractivity contribution in [1.29, 1.82) is 0 Å². The molecule has 1 spiro atoms. The van der Waals surface area contributed by atoms with Crippen LogP contribution in [0.1, 0.15) is 69.9 Å². The van der Waals surface area contributed by atoms with Crippen LogP contribution in [0.2, 0.25) is 0 Å². The molecule has 29 heavy (non-hydrogen) atoms. The van der Waals surface area contributed by atoms with Crippen LogP contribution in [0.4, 0.5) is 4.79 Å². The Morgan fingerprint density at radius 3 is 2.38 bits per heavy atom. The predicted octanol–water partition coefficient (Wildman–Crippen LogP) is 4.53. The monoisotopic (exact) mass is 398 g/mol. The first-order valence-electron chi connectivity index (χ1n) is 11.3. The average Bonchev–Trinajstić information content (AvgIpc) is 2.84. The van der Waals surface area contributed by atoms with Gasteiger partial charge in [-0.15, -0.1) is 0 Å². The zero-order valence-corrected chi connectivity index (χ0v) is 17.9. The number of carbonyl (C=O) groups is 2. The number of amides is 2. The van der Waals surface area contributed by atoms with Gasteiger partial charge in [-0.2, -0.15) is 0 Å². The highest BCUT2D eigenvalue weighted by Crippen LogP contribution is 2.41. The summed E-state index contributed by atoms with van der Waals surface area (Å²) in [6.45, 7) is 6.07. The van der Waals surface area contributed by atoms with Gasteiger partial charge in [0.2, 0.25) is 5.91 Å². The minimum Gasteiger partial charge on any atom is -0.446 e. The lowest BCUT2D eigenvalue weighted by atomic mass is 9.73. The maximum atomic E-state index is 13.6. The highest BCUT2D eigenvalue weighted by atomic mass is 16.6. The first-order chi connectivity index (χ1) is 14.0. The minimum atomic E-state index is -0.404. The van der Waals surface area contributed by atoms with E-state index in [9.17, 15) is 9.59 Å². The molecular weight excluding hydrogens is 364 g/mol. The number of fused-ring (bicyclic) bond motifs is 1. The lowest BCUT2D eigenvalue weighted by molar-refractivity contribution is -0.147. The summed E-state index contributed by atoms with van der Waals surface area (Å²) in [5, 5.41) is 0. The number of benzene rings is 1. The fraction of sp³-hybridized carbons (Fsp3) is 0.667. The molecular formula is C24H34N2O3. The van der Waals surface area contributed by atoms with Crippen LogP contribution in [0.25, 0.3) is 0 Å². The van der Waals surface area contributed by atoms with Crippen molar-refractivity contribution in [2.45, 2.75) is 83.9 Å². The molecule has 2 heterocycles. The molecule has 0 aromatic heterocycles. The van der Waals surface area contributed by atoms with Gasteiger partial charge >= 0.3 is 6.09 Å². The molecule has 2 amide bonds. The molecule has 0 bridgehead atoms. The van der Waals surface area contributed by atoms with Gasteiger partial charge in [-0.25, -0.2) is 4.79 Å². The van der Waals surface area contributed by atoms with Crippen LogP contribution < -0.4 is 0 Å². The van der Waals surface area contributed by atoms with Gasteiger partial charge < -0.3 is 14.5 Å². The van der Waals surface area contributed by atoms with Crippen molar-refractivity contribution in [2.75, 3.05) is 13.1 Å². The highest BCUT2D eigenvalue weighted by molar-refractivity contribution is 5.84. The second kappa shape index (κ2) is 8.37. The van der Waals surface area contributed by atoms with Crippen molar-refractivity contribution >= 4 is 12.0 Å². The Morgan fingerprint density at radius 2 is 1.72 bits per heavy atom. The smallest absolute Gasteiger partial charge is 0.410 e. The largest absolute Gasteiger partial charge is 0.446 e. The molecule has 0 N–H and O–H groups in total. The normalized spacial score (nSPS) is 22.5. The van der Waals surface area contributed by atoms with E-state index in [0.29, 0.717) is 32.5 Å². The molecule has 1 aromatic rings. The van der Waals surface area contributed by atoms with Gasteiger partial charge in [0, 0.05) is 25.7 Å². The number of likely N-dealkylation sites (tertiary alicyclic amines) is 1. The molecule has 2 aliphatic heterocycles. The molecule has 5 nitrogen and oxygen atoms in total. The molecule has 0 radical (unpaired) electrons. The standard InChI is InChI=1S/C24H34N2O3/c1-18(2)26-17-20-9-7-6-8-19(20)16-24(22(26)27)12-14-25(15-13-24)23(28)29-21-10-4-3-5-11-21/h6-9,18,21H,3-5,10-17H2,1-2H3. The first kappa shape index (κ1) is 20.2. The topological polar surface area (TPSA) is 49.9 Å². The van der Waals surface area contributed by atoms with Gasteiger partial charge in [0.25, 0.3) is 0 Å². The second-order valence-electron chi connectivity index (χ2n) is 9.38. The minimum absolute atomic E-state index is 0.0787. The van der Waals surface area contributed by atoms with Crippen molar-refractivity contribution in [3.63, 3.8) is 0 Å². The van der Waals surface area contributed by atoms with Gasteiger partial charge in [0.05, 0.1) is 5.41 Å². The van der Waals surface area contributed by atoms with Crippen LogP contribution in [0.3, 0.4) is 0 Å². The molecule has 0 unspecified atom stereocenters. The van der Waals surface area contributed by atoms with Crippen LogP contribution in [0.15, 0.2) is 24.3 Å². The number of carbonyl (C=O) groups excluding carboxylic acids is 2. The van der Waals surface area contributed by atoms with Gasteiger partial charge in [-0.1, -0.05) is 30.7 Å². The Morgan fingerprint density at radius 1 is 1.07 bits per heavy atom. The third-order valence-electron chi connectivity index (χ3n) is 7.12. The number of ether oxygens (including phenoxy) is 1. The molecule has 1 aromatic carbocycles. The quantitative estimate of drug-likeness (QED) is 0.735. The van der Waals surface area contributed by atoms with E-state index in [2.05, 4.69) is 38.1 Å². The summed E-state index contributed by atoms with van der Waals surface area (Å²) in [5.41, 5.74) is 2.13. The van der Waals surface area contributed by atoms with E-state index in [-0.39, 0.29) is 24.1 Å². The number of hydrogen-bond donors (Lipinski definition) is 0. The summed E-state index contributed by atoms with van der Waals surface area (Å²) >= 11 is 0. The Labute approximate surface area is 174 Å². The van der Waals surface area contributed by atoms with E-state index in [4.69, 9.17) is 4.74 Å². The Hall–Kier alpha value is -2.04. The Balaban J connectivity index is 1.48. The third-order valence-corrected chi connectivity index (χ3v) is 7.12. The van der Waals surface area contributed by atoms with Gasteiger partial charge in [0.15, 0.2) is 0 Å². The number of nitrogens with zero attached hydrogens (tertiary/aromatic N) is 2. The molecule has 3 aliphatic rings. The van der Waals surface area contributed by atoms with Crippen LogP contribution in [-0.4, -0.2) is 47.0 Å². The van der Waals surface area contributed by atoms with Crippen molar-refractivity contribution in [3.05, 3.63) is 35.4 Å². The van der Waals surface area contributed by atoms with Crippen LogP contribution in [0.5, 0.6) is 0 Å². The summed E-state index contributed by atoms with van der Waals surface area (Å²) in [7, 11) is 0. The predicted molar refractivity (Wildman–Crippen MR) is 112 cm³/mol. The summed E-state index contributed by atoms with van der Waals surface area (Å²) in [6.07, 6.45) is 7.62. The van der Waals surface area contributed by atoms with Crippen molar-refractivity contribution in [2.24, 2.45) is 5.41 Å². The van der Waals surface area contributed by atoms with Crippen LogP contribution in [0, 0.1) is 5.41 Å². The second-order valence-corrected chi connectivity index (χ2v) is 9.38. The summed E-state index contributed by atoms with van der Waals surface area (Å²) in [4.78, 5) is 30.1. The fourth-order valence-electron chi connectivity index (χ4n) is 5.21. The highest BCUT2D eigenvalue weighted by Gasteiger charge is 2.47. The van der Waals surface area contributed by atoms with Crippen LogP contribution in [-0.2, 0) is 22.5 Å². The Kier molecular flexibility index (Phi) is 5.84. The van der Waals surface area contributed by atoms with E-state index in [1.54, 1.807) is 0 Å². The van der Waals surface area contributed by atoms with Crippen molar-refractivity contribution < 1.29 is 14.3 Å². The van der Waals surface area contributed by atoms with E-state index in [1.165, 1.54) is 17.5 Å². The lowest BCUT2D eigenvalue weighted by Gasteiger charge is -2.42. The molecule has 4 rings (SSSR count). The molecule has 1 aliphatic carbocycles. The van der Waals surface area contributed by atoms with Gasteiger partial charge in [0.1, 0.15) is 6.10 Å². The molecule has 5 heteroatoms. The zero-order valence-electron chi connectivity index (χ0n) is 17.9.